The number of nitrogens with one attached hydrogen (secondary N) is 2. The van der Waals surface area contributed by atoms with E-state index in [0.717, 1.165) is 25.0 Å². The van der Waals surface area contributed by atoms with E-state index in [1.54, 1.807) is 0 Å². The Hall–Kier alpha value is -1.60. The van der Waals surface area contributed by atoms with Crippen molar-refractivity contribution in [1.29, 1.82) is 0 Å². The molecule has 1 aromatic carbocycles. The van der Waals surface area contributed by atoms with E-state index in [1.807, 2.05) is 13.8 Å². The first kappa shape index (κ1) is 23.7. The molecule has 2 rings (SSSR count). The highest BCUT2D eigenvalue weighted by Crippen LogP contribution is 2.18. The maximum Gasteiger partial charge on any atom is 0.191 e. The first-order valence-electron chi connectivity index (χ1n) is 10.8. The molecular weight excluding hydrogens is 384 g/mol. The smallest absolute Gasteiger partial charge is 0.191 e. The lowest BCUT2D eigenvalue weighted by atomic mass is 9.98. The SMILES string of the molecule is CCNC(=NCc1cccc(CN2CCC(C)CC2)c1)NC(C)CCS(C)(=O)=O. The van der Waals surface area contributed by atoms with Crippen molar-refractivity contribution in [2.75, 3.05) is 31.6 Å². The zero-order chi connectivity index (χ0) is 21.3. The van der Waals surface area contributed by atoms with Crippen LogP contribution in [0.4, 0.5) is 0 Å². The Bertz CT molecular complexity index is 756. The minimum atomic E-state index is -2.95. The zero-order valence-electron chi connectivity index (χ0n) is 18.4. The minimum Gasteiger partial charge on any atom is -0.357 e. The molecule has 1 aliphatic rings. The van der Waals surface area contributed by atoms with Crippen LogP contribution in [0.1, 0.15) is 51.2 Å². The molecule has 0 radical (unpaired) electrons. The van der Waals surface area contributed by atoms with Crippen molar-refractivity contribution in [2.24, 2.45) is 10.9 Å². The van der Waals surface area contributed by atoms with Crippen LogP contribution in [0.5, 0.6) is 0 Å². The van der Waals surface area contributed by atoms with E-state index in [4.69, 9.17) is 4.99 Å². The summed E-state index contributed by atoms with van der Waals surface area (Å²) in [6.07, 6.45) is 4.42. The Kier molecular flexibility index (Phi) is 9.43. The molecule has 1 heterocycles. The minimum absolute atomic E-state index is 0.0374. The van der Waals surface area contributed by atoms with Crippen molar-refractivity contribution in [1.82, 2.24) is 15.5 Å². The summed E-state index contributed by atoms with van der Waals surface area (Å²) in [5, 5.41) is 6.56. The topological polar surface area (TPSA) is 73.8 Å². The van der Waals surface area contributed by atoms with Crippen LogP contribution in [0.15, 0.2) is 29.3 Å². The van der Waals surface area contributed by atoms with Gasteiger partial charge in [-0.3, -0.25) is 4.90 Å². The van der Waals surface area contributed by atoms with Crippen LogP contribution in [0, 0.1) is 5.92 Å². The van der Waals surface area contributed by atoms with Gasteiger partial charge in [0.05, 0.1) is 12.3 Å². The fourth-order valence-electron chi connectivity index (χ4n) is 3.49. The summed E-state index contributed by atoms with van der Waals surface area (Å²) in [6.45, 7) is 11.1. The van der Waals surface area contributed by atoms with Gasteiger partial charge in [-0.2, -0.15) is 0 Å². The zero-order valence-corrected chi connectivity index (χ0v) is 19.3. The standard InChI is InChI=1S/C22H38N4O2S/c1-5-23-22(25-19(3)11-14-29(4,27)28)24-16-20-7-6-8-21(15-20)17-26-12-9-18(2)10-13-26/h6-8,15,18-19H,5,9-14,16-17H2,1-4H3,(H2,23,24,25). The van der Waals surface area contributed by atoms with Crippen LogP contribution < -0.4 is 10.6 Å². The second-order valence-corrected chi connectivity index (χ2v) is 10.7. The number of sulfone groups is 1. The fraction of sp³-hybridized carbons (Fsp3) is 0.682. The van der Waals surface area contributed by atoms with Gasteiger partial charge in [0.2, 0.25) is 0 Å². The van der Waals surface area contributed by atoms with Crippen molar-refractivity contribution in [3.63, 3.8) is 0 Å². The molecular formula is C22H38N4O2S. The third-order valence-electron chi connectivity index (χ3n) is 5.34. The lowest BCUT2D eigenvalue weighted by Gasteiger charge is -2.30. The van der Waals surface area contributed by atoms with Crippen LogP contribution in [0.3, 0.4) is 0 Å². The molecule has 1 aromatic rings. The molecule has 29 heavy (non-hydrogen) atoms. The molecule has 6 nitrogen and oxygen atoms in total. The van der Waals surface area contributed by atoms with E-state index >= 15 is 0 Å². The van der Waals surface area contributed by atoms with Gasteiger partial charge in [0.15, 0.2) is 5.96 Å². The summed E-state index contributed by atoms with van der Waals surface area (Å²) in [5.74, 6) is 1.76. The normalized spacial score (nSPS) is 17.9. The molecule has 0 spiro atoms. The Balaban J connectivity index is 1.92. The molecule has 1 aliphatic heterocycles. The quantitative estimate of drug-likeness (QED) is 0.473. The Morgan fingerprint density at radius 1 is 1.28 bits per heavy atom. The largest absolute Gasteiger partial charge is 0.357 e. The predicted octanol–water partition coefficient (Wildman–Crippen LogP) is 2.80. The summed E-state index contributed by atoms with van der Waals surface area (Å²) in [4.78, 5) is 7.24. The summed E-state index contributed by atoms with van der Waals surface area (Å²) in [7, 11) is -2.95. The van der Waals surface area contributed by atoms with Crippen molar-refractivity contribution in [3.05, 3.63) is 35.4 Å². The lowest BCUT2D eigenvalue weighted by molar-refractivity contribution is 0.185. The second-order valence-electron chi connectivity index (χ2n) is 8.44. The number of hydrogen-bond donors (Lipinski definition) is 2. The maximum absolute atomic E-state index is 11.4. The van der Waals surface area contributed by atoms with E-state index in [0.29, 0.717) is 13.0 Å². The molecule has 1 saturated heterocycles. The third-order valence-corrected chi connectivity index (χ3v) is 6.32. The van der Waals surface area contributed by atoms with Crippen LogP contribution in [0.2, 0.25) is 0 Å². The average molecular weight is 423 g/mol. The summed E-state index contributed by atoms with van der Waals surface area (Å²) in [6, 6.07) is 8.71. The summed E-state index contributed by atoms with van der Waals surface area (Å²) >= 11 is 0. The van der Waals surface area contributed by atoms with Gasteiger partial charge in [-0.05, 0) is 63.2 Å². The molecule has 0 aliphatic carbocycles. The summed E-state index contributed by atoms with van der Waals surface area (Å²) < 4.78 is 22.7. The predicted molar refractivity (Wildman–Crippen MR) is 122 cm³/mol. The molecule has 0 amide bonds. The number of nitrogens with zero attached hydrogens (tertiary/aromatic N) is 2. The number of benzene rings is 1. The molecule has 0 saturated carbocycles. The first-order valence-corrected chi connectivity index (χ1v) is 12.8. The van der Waals surface area contributed by atoms with E-state index in [2.05, 4.69) is 46.7 Å². The number of aliphatic imine (C=N–C) groups is 1. The highest BCUT2D eigenvalue weighted by Gasteiger charge is 2.15. The van der Waals surface area contributed by atoms with Crippen LogP contribution >= 0.6 is 0 Å². The van der Waals surface area contributed by atoms with Crippen molar-refractivity contribution < 1.29 is 8.42 Å². The number of guanidine groups is 1. The number of hydrogen-bond acceptors (Lipinski definition) is 4. The molecule has 1 atom stereocenters. The van der Waals surface area contributed by atoms with E-state index in [9.17, 15) is 8.42 Å². The van der Waals surface area contributed by atoms with E-state index in [-0.39, 0.29) is 11.8 Å². The Morgan fingerprint density at radius 2 is 1.97 bits per heavy atom. The molecule has 1 unspecified atom stereocenters. The Labute approximate surface area is 177 Å². The van der Waals surface area contributed by atoms with Gasteiger partial charge >= 0.3 is 0 Å². The van der Waals surface area contributed by atoms with Gasteiger partial charge in [-0.1, -0.05) is 31.2 Å². The van der Waals surface area contributed by atoms with Crippen molar-refractivity contribution in [3.8, 4) is 0 Å². The number of rotatable bonds is 9. The fourth-order valence-corrected chi connectivity index (χ4v) is 4.27. The van der Waals surface area contributed by atoms with Gasteiger partial charge < -0.3 is 10.6 Å². The van der Waals surface area contributed by atoms with Gasteiger partial charge in [-0.15, -0.1) is 0 Å². The first-order chi connectivity index (χ1) is 13.7. The highest BCUT2D eigenvalue weighted by atomic mass is 32.2. The molecule has 7 heteroatoms. The monoisotopic (exact) mass is 422 g/mol. The second kappa shape index (κ2) is 11.6. The van der Waals surface area contributed by atoms with Crippen LogP contribution in [-0.2, 0) is 22.9 Å². The summed E-state index contributed by atoms with van der Waals surface area (Å²) in [5.41, 5.74) is 2.53. The molecule has 0 aromatic heterocycles. The number of piperidine rings is 1. The number of likely N-dealkylation sites (tertiary alicyclic amines) is 1. The lowest BCUT2D eigenvalue weighted by Crippen LogP contribution is -2.42. The van der Waals surface area contributed by atoms with Crippen molar-refractivity contribution in [2.45, 2.75) is 59.2 Å². The van der Waals surface area contributed by atoms with Crippen LogP contribution in [0.25, 0.3) is 0 Å². The van der Waals surface area contributed by atoms with Crippen LogP contribution in [-0.4, -0.2) is 57.0 Å². The maximum atomic E-state index is 11.4. The third kappa shape index (κ3) is 9.63. The van der Waals surface area contributed by atoms with E-state index in [1.165, 1.54) is 43.3 Å². The van der Waals surface area contributed by atoms with Crippen molar-refractivity contribution >= 4 is 15.8 Å². The van der Waals surface area contributed by atoms with Gasteiger partial charge in [0.25, 0.3) is 0 Å². The van der Waals surface area contributed by atoms with Gasteiger partial charge in [0, 0.05) is 25.4 Å². The molecule has 2 N–H and O–H groups in total. The van der Waals surface area contributed by atoms with Gasteiger partial charge in [0.1, 0.15) is 9.84 Å². The molecule has 0 bridgehead atoms. The highest BCUT2D eigenvalue weighted by molar-refractivity contribution is 7.90. The molecule has 164 valence electrons. The van der Waals surface area contributed by atoms with E-state index < -0.39 is 9.84 Å². The van der Waals surface area contributed by atoms with Gasteiger partial charge in [-0.25, -0.2) is 13.4 Å². The molecule has 1 fully saturated rings. The Morgan fingerprint density at radius 3 is 2.62 bits per heavy atom. The average Bonchev–Trinajstić information content (AvgIpc) is 2.66.